The smallest absolute Gasteiger partial charge is 0.391 e. The van der Waals surface area contributed by atoms with E-state index in [4.69, 9.17) is 11.6 Å². The van der Waals surface area contributed by atoms with E-state index in [9.17, 15) is 35.8 Å². The van der Waals surface area contributed by atoms with Crippen LogP contribution in [0.2, 0.25) is 0 Å². The van der Waals surface area contributed by atoms with Crippen LogP contribution in [0.4, 0.5) is 30.7 Å². The molecule has 2 unspecified atom stereocenters. The topological polar surface area (TPSA) is 20.2 Å². The van der Waals surface area contributed by atoms with Crippen molar-refractivity contribution in [3.63, 3.8) is 0 Å². The third kappa shape index (κ3) is 2.11. The van der Waals surface area contributed by atoms with Gasteiger partial charge in [0.2, 0.25) is 0 Å². The Hall–Kier alpha value is -1.02. The first-order valence-electron chi connectivity index (χ1n) is 6.15. The van der Waals surface area contributed by atoms with Crippen molar-refractivity contribution >= 4 is 11.6 Å². The highest BCUT2D eigenvalue weighted by molar-refractivity contribution is 6.25. The van der Waals surface area contributed by atoms with Crippen LogP contribution in [0.5, 0.6) is 0 Å². The van der Waals surface area contributed by atoms with E-state index in [0.717, 1.165) is 6.07 Å². The molecule has 22 heavy (non-hydrogen) atoms. The minimum atomic E-state index is -6.51. The lowest BCUT2D eigenvalue weighted by Crippen LogP contribution is -2.65. The molecular formula is C13H10ClF7O. The monoisotopic (exact) mass is 350 g/mol. The molecule has 124 valence electrons. The summed E-state index contributed by atoms with van der Waals surface area (Å²) in [6.07, 6.45) is -9.18. The van der Waals surface area contributed by atoms with Gasteiger partial charge in [-0.15, -0.1) is 11.6 Å². The Morgan fingerprint density at radius 3 is 2.14 bits per heavy atom. The lowest BCUT2D eigenvalue weighted by molar-refractivity contribution is -0.368. The summed E-state index contributed by atoms with van der Waals surface area (Å²) >= 11 is 5.56. The van der Waals surface area contributed by atoms with E-state index in [1.807, 2.05) is 0 Å². The minimum Gasteiger partial charge on any atom is -0.391 e. The van der Waals surface area contributed by atoms with Crippen LogP contribution in [0.3, 0.4) is 0 Å². The molecule has 0 fully saturated rings. The first-order valence-corrected chi connectivity index (χ1v) is 6.53. The molecule has 2 atom stereocenters. The van der Waals surface area contributed by atoms with Crippen LogP contribution in [0, 0.1) is 0 Å². The highest BCUT2D eigenvalue weighted by Gasteiger charge is 2.81. The summed E-state index contributed by atoms with van der Waals surface area (Å²) in [5.74, 6) is -12.1. The van der Waals surface area contributed by atoms with E-state index in [1.165, 1.54) is 18.2 Å². The van der Waals surface area contributed by atoms with Crippen LogP contribution < -0.4 is 0 Å². The summed E-state index contributed by atoms with van der Waals surface area (Å²) in [5, 5.41) is 9.73. The molecule has 1 aliphatic carbocycles. The predicted octanol–water partition coefficient (Wildman–Crippen LogP) is 4.26. The average Bonchev–Trinajstić information content (AvgIpc) is 2.41. The van der Waals surface area contributed by atoms with E-state index in [-0.39, 0.29) is 12.0 Å². The standard InChI is InChI=1S/C13H10ClF7O/c14-10(11(15,16)12(17,18)13(19,20)21)8-4-2-1-3-7(8)5-6-9(10)22/h1-4,9,22H,5-6H2. The van der Waals surface area contributed by atoms with Crippen molar-refractivity contribution in [2.24, 2.45) is 0 Å². The second kappa shape index (κ2) is 4.99. The minimum absolute atomic E-state index is 0.0412. The van der Waals surface area contributed by atoms with Crippen LogP contribution in [-0.4, -0.2) is 29.2 Å². The molecule has 1 aromatic rings. The number of hydrogen-bond donors (Lipinski definition) is 1. The molecule has 0 amide bonds. The first kappa shape index (κ1) is 17.3. The zero-order chi connectivity index (χ0) is 17.0. The summed E-state index contributed by atoms with van der Waals surface area (Å²) < 4.78 is 92.1. The SMILES string of the molecule is OC1CCc2ccccc2C1(Cl)C(F)(F)C(F)(F)C(F)(F)F. The third-order valence-electron chi connectivity index (χ3n) is 3.76. The Labute approximate surface area is 125 Å². The maximum absolute atomic E-state index is 14.1. The maximum Gasteiger partial charge on any atom is 0.459 e. The van der Waals surface area contributed by atoms with Gasteiger partial charge in [0, 0.05) is 0 Å². The normalized spacial score (nSPS) is 26.7. The Morgan fingerprint density at radius 1 is 1.05 bits per heavy atom. The molecule has 0 aliphatic heterocycles. The molecule has 0 saturated carbocycles. The van der Waals surface area contributed by atoms with Crippen LogP contribution in [-0.2, 0) is 11.3 Å². The van der Waals surface area contributed by atoms with Crippen molar-refractivity contribution in [3.05, 3.63) is 35.4 Å². The van der Waals surface area contributed by atoms with Crippen LogP contribution in [0.1, 0.15) is 17.5 Å². The number of alkyl halides is 8. The molecule has 0 bridgehead atoms. The largest absolute Gasteiger partial charge is 0.459 e. The zero-order valence-corrected chi connectivity index (χ0v) is 11.5. The zero-order valence-electron chi connectivity index (χ0n) is 10.8. The lowest BCUT2D eigenvalue weighted by Gasteiger charge is -2.45. The number of aryl methyl sites for hydroxylation is 1. The maximum atomic E-state index is 14.1. The van der Waals surface area contributed by atoms with Gasteiger partial charge < -0.3 is 5.11 Å². The van der Waals surface area contributed by atoms with Crippen molar-refractivity contribution < 1.29 is 35.8 Å². The Morgan fingerprint density at radius 2 is 1.59 bits per heavy atom. The van der Waals surface area contributed by atoms with Gasteiger partial charge in [0.05, 0.1) is 6.10 Å². The van der Waals surface area contributed by atoms with Gasteiger partial charge in [0.15, 0.2) is 4.87 Å². The van der Waals surface area contributed by atoms with Gasteiger partial charge in [-0.3, -0.25) is 0 Å². The fraction of sp³-hybridized carbons (Fsp3) is 0.538. The Kier molecular flexibility index (Phi) is 3.93. The van der Waals surface area contributed by atoms with Crippen molar-refractivity contribution in [1.82, 2.24) is 0 Å². The molecule has 0 aromatic heterocycles. The van der Waals surface area contributed by atoms with Crippen LogP contribution >= 0.6 is 11.6 Å². The molecule has 1 N–H and O–H groups in total. The van der Waals surface area contributed by atoms with Gasteiger partial charge >= 0.3 is 18.0 Å². The second-order valence-corrected chi connectivity index (χ2v) is 5.67. The van der Waals surface area contributed by atoms with Crippen molar-refractivity contribution in [1.29, 1.82) is 0 Å². The summed E-state index contributed by atoms with van der Waals surface area (Å²) in [4.78, 5) is -3.57. The number of halogens is 8. The van der Waals surface area contributed by atoms with Crippen molar-refractivity contribution in [3.8, 4) is 0 Å². The quantitative estimate of drug-likeness (QED) is 0.624. The van der Waals surface area contributed by atoms with Crippen LogP contribution in [0.15, 0.2) is 24.3 Å². The average molecular weight is 351 g/mol. The van der Waals surface area contributed by atoms with Crippen molar-refractivity contribution in [2.45, 2.75) is 41.8 Å². The molecule has 0 heterocycles. The van der Waals surface area contributed by atoms with Crippen LogP contribution in [0.25, 0.3) is 0 Å². The van der Waals surface area contributed by atoms with E-state index >= 15 is 0 Å². The van der Waals surface area contributed by atoms with Gasteiger partial charge in [-0.25, -0.2) is 0 Å². The van der Waals surface area contributed by atoms with E-state index < -0.39 is 41.0 Å². The second-order valence-electron chi connectivity index (χ2n) is 5.07. The fourth-order valence-electron chi connectivity index (χ4n) is 2.55. The number of benzene rings is 1. The van der Waals surface area contributed by atoms with E-state index in [0.29, 0.717) is 0 Å². The third-order valence-corrected chi connectivity index (χ3v) is 4.46. The fourth-order valence-corrected chi connectivity index (χ4v) is 2.96. The molecule has 1 aliphatic rings. The number of aliphatic hydroxyl groups is 1. The molecule has 9 heteroatoms. The van der Waals surface area contributed by atoms with Gasteiger partial charge in [-0.1, -0.05) is 24.3 Å². The molecule has 1 aromatic carbocycles. The van der Waals surface area contributed by atoms with E-state index in [1.54, 1.807) is 0 Å². The number of fused-ring (bicyclic) bond motifs is 1. The Balaban J connectivity index is 2.68. The summed E-state index contributed by atoms with van der Waals surface area (Å²) in [5.41, 5.74) is -0.523. The predicted molar refractivity (Wildman–Crippen MR) is 64.2 cm³/mol. The lowest BCUT2D eigenvalue weighted by atomic mass is 9.74. The number of aliphatic hydroxyl groups excluding tert-OH is 1. The van der Waals surface area contributed by atoms with E-state index in [2.05, 4.69) is 0 Å². The molecule has 0 saturated heterocycles. The molecular weight excluding hydrogens is 341 g/mol. The summed E-state index contributed by atoms with van der Waals surface area (Å²) in [6, 6.07) is 4.80. The summed E-state index contributed by atoms with van der Waals surface area (Å²) in [6.45, 7) is 0. The molecule has 1 nitrogen and oxygen atoms in total. The van der Waals surface area contributed by atoms with Gasteiger partial charge in [-0.05, 0) is 24.0 Å². The number of hydrogen-bond acceptors (Lipinski definition) is 1. The van der Waals surface area contributed by atoms with Gasteiger partial charge in [0.25, 0.3) is 0 Å². The first-order chi connectivity index (χ1) is 9.87. The van der Waals surface area contributed by atoms with Gasteiger partial charge in [0.1, 0.15) is 0 Å². The highest BCUT2D eigenvalue weighted by atomic mass is 35.5. The number of rotatable bonds is 2. The molecule has 2 rings (SSSR count). The Bertz CT molecular complexity index is 572. The molecule has 0 spiro atoms. The van der Waals surface area contributed by atoms with Gasteiger partial charge in [-0.2, -0.15) is 30.7 Å². The molecule has 0 radical (unpaired) electrons. The highest BCUT2D eigenvalue weighted by Crippen LogP contribution is 2.60. The van der Waals surface area contributed by atoms with Crippen molar-refractivity contribution in [2.75, 3.05) is 0 Å². The summed E-state index contributed by atoms with van der Waals surface area (Å²) in [7, 11) is 0.